The van der Waals surface area contributed by atoms with E-state index in [0.29, 0.717) is 12.1 Å². The van der Waals surface area contributed by atoms with Gasteiger partial charge in [-0.05, 0) is 30.7 Å². The molecule has 0 fully saturated rings. The SMILES string of the molecule is CC(CCNC(=O)c1ccc(Br)cc1)S(C)=O. The first-order valence-electron chi connectivity index (χ1n) is 5.36. The van der Waals surface area contributed by atoms with E-state index in [1.54, 1.807) is 18.4 Å². The fraction of sp³-hybridized carbons (Fsp3) is 0.417. The fourth-order valence-electron chi connectivity index (χ4n) is 1.26. The van der Waals surface area contributed by atoms with Crippen molar-refractivity contribution < 1.29 is 9.00 Å². The van der Waals surface area contributed by atoms with Crippen LogP contribution in [0.5, 0.6) is 0 Å². The van der Waals surface area contributed by atoms with Crippen molar-refractivity contribution in [2.45, 2.75) is 18.6 Å². The molecule has 0 aliphatic rings. The molecule has 5 heteroatoms. The highest BCUT2D eigenvalue weighted by molar-refractivity contribution is 9.10. The molecule has 1 aromatic rings. The molecule has 2 unspecified atom stereocenters. The zero-order valence-electron chi connectivity index (χ0n) is 9.90. The lowest BCUT2D eigenvalue weighted by Crippen LogP contribution is -2.27. The molecule has 0 aliphatic carbocycles. The summed E-state index contributed by atoms with van der Waals surface area (Å²) in [5.74, 6) is -0.0911. The van der Waals surface area contributed by atoms with Gasteiger partial charge in [0.15, 0.2) is 0 Å². The Bertz CT molecular complexity index is 405. The van der Waals surface area contributed by atoms with E-state index in [2.05, 4.69) is 21.2 Å². The Morgan fingerprint density at radius 2 is 2.00 bits per heavy atom. The summed E-state index contributed by atoms with van der Waals surface area (Å²) < 4.78 is 12.1. The molecule has 0 aliphatic heterocycles. The Morgan fingerprint density at radius 1 is 1.41 bits per heavy atom. The topological polar surface area (TPSA) is 46.2 Å². The van der Waals surface area contributed by atoms with Crippen LogP contribution >= 0.6 is 15.9 Å². The molecule has 94 valence electrons. The lowest BCUT2D eigenvalue weighted by Gasteiger charge is -2.09. The number of hydrogen-bond acceptors (Lipinski definition) is 2. The average Bonchev–Trinajstić information content (AvgIpc) is 2.29. The number of halogens is 1. The van der Waals surface area contributed by atoms with Gasteiger partial charge >= 0.3 is 0 Å². The summed E-state index contributed by atoms with van der Waals surface area (Å²) in [6.45, 7) is 2.47. The largest absolute Gasteiger partial charge is 0.352 e. The molecule has 2 atom stereocenters. The summed E-state index contributed by atoms with van der Waals surface area (Å²) >= 11 is 3.32. The van der Waals surface area contributed by atoms with Gasteiger partial charge in [0.25, 0.3) is 5.91 Å². The van der Waals surface area contributed by atoms with Crippen LogP contribution < -0.4 is 5.32 Å². The first kappa shape index (κ1) is 14.4. The van der Waals surface area contributed by atoms with Crippen LogP contribution in [0.3, 0.4) is 0 Å². The van der Waals surface area contributed by atoms with Crippen molar-refractivity contribution >= 4 is 32.6 Å². The number of amides is 1. The molecule has 1 rings (SSSR count). The average molecular weight is 318 g/mol. The molecular weight excluding hydrogens is 302 g/mol. The van der Waals surface area contributed by atoms with Crippen molar-refractivity contribution in [1.29, 1.82) is 0 Å². The Balaban J connectivity index is 2.40. The molecule has 0 spiro atoms. The molecule has 0 bridgehead atoms. The van der Waals surface area contributed by atoms with E-state index < -0.39 is 10.8 Å². The minimum Gasteiger partial charge on any atom is -0.352 e. The van der Waals surface area contributed by atoms with Crippen molar-refractivity contribution in [3.8, 4) is 0 Å². The summed E-state index contributed by atoms with van der Waals surface area (Å²) in [6, 6.07) is 7.19. The Kier molecular flexibility index (Phi) is 5.85. The smallest absolute Gasteiger partial charge is 0.251 e. The van der Waals surface area contributed by atoms with Gasteiger partial charge in [-0.1, -0.05) is 22.9 Å². The molecule has 1 N–H and O–H groups in total. The van der Waals surface area contributed by atoms with E-state index in [1.807, 2.05) is 19.1 Å². The predicted molar refractivity (Wildman–Crippen MR) is 74.6 cm³/mol. The quantitative estimate of drug-likeness (QED) is 0.906. The summed E-state index contributed by atoms with van der Waals surface area (Å²) in [4.78, 5) is 11.7. The van der Waals surface area contributed by atoms with Crippen LogP contribution in [-0.2, 0) is 10.8 Å². The van der Waals surface area contributed by atoms with Crippen LogP contribution in [0.2, 0.25) is 0 Å². The second kappa shape index (κ2) is 6.91. The third-order valence-corrected chi connectivity index (χ3v) is 4.41. The van der Waals surface area contributed by atoms with Gasteiger partial charge in [0.1, 0.15) is 0 Å². The van der Waals surface area contributed by atoms with Crippen LogP contribution in [-0.4, -0.2) is 28.2 Å². The van der Waals surface area contributed by atoms with Crippen molar-refractivity contribution in [1.82, 2.24) is 5.32 Å². The second-order valence-corrected chi connectivity index (χ2v) is 6.58. The lowest BCUT2D eigenvalue weighted by atomic mass is 10.2. The van der Waals surface area contributed by atoms with Gasteiger partial charge in [0.05, 0.1) is 0 Å². The van der Waals surface area contributed by atoms with Gasteiger partial charge in [0, 0.05) is 38.9 Å². The van der Waals surface area contributed by atoms with Gasteiger partial charge in [-0.2, -0.15) is 0 Å². The molecule has 0 aromatic heterocycles. The summed E-state index contributed by atoms with van der Waals surface area (Å²) in [5, 5.41) is 2.93. The van der Waals surface area contributed by atoms with Gasteiger partial charge in [0.2, 0.25) is 0 Å². The number of carbonyl (C=O) groups excluding carboxylic acids is 1. The highest BCUT2D eigenvalue weighted by Gasteiger charge is 2.08. The Morgan fingerprint density at radius 3 is 2.53 bits per heavy atom. The second-order valence-electron chi connectivity index (χ2n) is 3.86. The zero-order chi connectivity index (χ0) is 12.8. The maximum absolute atomic E-state index is 11.7. The molecular formula is C12H16BrNO2S. The summed E-state index contributed by atoms with van der Waals surface area (Å²) in [6.07, 6.45) is 2.41. The normalized spacial score (nSPS) is 14.1. The van der Waals surface area contributed by atoms with Crippen LogP contribution in [0, 0.1) is 0 Å². The highest BCUT2D eigenvalue weighted by atomic mass is 79.9. The first-order valence-corrected chi connectivity index (χ1v) is 7.78. The lowest BCUT2D eigenvalue weighted by molar-refractivity contribution is 0.0953. The molecule has 0 saturated heterocycles. The molecule has 0 heterocycles. The third-order valence-electron chi connectivity index (χ3n) is 2.51. The molecule has 1 aromatic carbocycles. The van der Waals surface area contributed by atoms with Crippen LogP contribution in [0.1, 0.15) is 23.7 Å². The van der Waals surface area contributed by atoms with Crippen LogP contribution in [0.25, 0.3) is 0 Å². The minimum atomic E-state index is -0.830. The van der Waals surface area contributed by atoms with E-state index >= 15 is 0 Å². The van der Waals surface area contributed by atoms with E-state index in [-0.39, 0.29) is 11.2 Å². The van der Waals surface area contributed by atoms with Gasteiger partial charge in [-0.15, -0.1) is 0 Å². The van der Waals surface area contributed by atoms with E-state index in [4.69, 9.17) is 0 Å². The van der Waals surface area contributed by atoms with E-state index in [9.17, 15) is 9.00 Å². The molecule has 0 saturated carbocycles. The van der Waals surface area contributed by atoms with E-state index in [1.165, 1.54) is 0 Å². The number of benzene rings is 1. The fourth-order valence-corrected chi connectivity index (χ4v) is 1.97. The number of hydrogen-bond donors (Lipinski definition) is 1. The molecule has 3 nitrogen and oxygen atoms in total. The standard InChI is InChI=1S/C12H16BrNO2S/c1-9(17(2)16)7-8-14-12(15)10-3-5-11(13)6-4-10/h3-6,9H,7-8H2,1-2H3,(H,14,15). The van der Waals surface area contributed by atoms with Crippen molar-refractivity contribution in [2.24, 2.45) is 0 Å². The van der Waals surface area contributed by atoms with Crippen molar-refractivity contribution in [3.63, 3.8) is 0 Å². The van der Waals surface area contributed by atoms with Crippen molar-refractivity contribution in [3.05, 3.63) is 34.3 Å². The Labute approximate surface area is 113 Å². The molecule has 1 amide bonds. The predicted octanol–water partition coefficient (Wildman–Crippen LogP) is 2.34. The van der Waals surface area contributed by atoms with Gasteiger partial charge in [-0.25, -0.2) is 0 Å². The summed E-state index contributed by atoms with van der Waals surface area (Å²) in [5.41, 5.74) is 0.637. The van der Waals surface area contributed by atoms with Crippen molar-refractivity contribution in [2.75, 3.05) is 12.8 Å². The summed E-state index contributed by atoms with van der Waals surface area (Å²) in [7, 11) is -0.830. The number of rotatable bonds is 5. The third kappa shape index (κ3) is 5.00. The maximum atomic E-state index is 11.7. The van der Waals surface area contributed by atoms with Crippen LogP contribution in [0.15, 0.2) is 28.7 Å². The monoisotopic (exact) mass is 317 g/mol. The van der Waals surface area contributed by atoms with Gasteiger partial charge in [-0.3, -0.25) is 9.00 Å². The Hall–Kier alpha value is -0.680. The van der Waals surface area contributed by atoms with E-state index in [0.717, 1.165) is 10.9 Å². The maximum Gasteiger partial charge on any atom is 0.251 e. The van der Waals surface area contributed by atoms with Crippen LogP contribution in [0.4, 0.5) is 0 Å². The highest BCUT2D eigenvalue weighted by Crippen LogP contribution is 2.10. The molecule has 17 heavy (non-hydrogen) atoms. The van der Waals surface area contributed by atoms with Gasteiger partial charge < -0.3 is 5.32 Å². The first-order chi connectivity index (χ1) is 8.00. The molecule has 0 radical (unpaired) electrons. The number of nitrogens with one attached hydrogen (secondary N) is 1. The zero-order valence-corrected chi connectivity index (χ0v) is 12.3. The minimum absolute atomic E-state index is 0.0911. The number of carbonyl (C=O) groups is 1.